The van der Waals surface area contributed by atoms with Gasteiger partial charge in [-0.15, -0.1) is 0 Å². The molecular weight excluding hydrogens is 302 g/mol. The van der Waals surface area contributed by atoms with Crippen LogP contribution in [0.15, 0.2) is 41.1 Å². The van der Waals surface area contributed by atoms with E-state index in [9.17, 15) is 0 Å². The summed E-state index contributed by atoms with van der Waals surface area (Å²) in [4.78, 5) is 4.19. The predicted octanol–water partition coefficient (Wildman–Crippen LogP) is 3.21. The largest absolute Gasteiger partial charge is 0.271 e. The molecule has 0 radical (unpaired) electrons. The first-order chi connectivity index (χ1) is 9.08. The first kappa shape index (κ1) is 14.2. The van der Waals surface area contributed by atoms with E-state index in [1.165, 1.54) is 16.7 Å². The van der Waals surface area contributed by atoms with Crippen LogP contribution in [0.3, 0.4) is 0 Å². The lowest BCUT2D eigenvalue weighted by Crippen LogP contribution is -2.29. The molecule has 1 heterocycles. The Kier molecular flexibility index (Phi) is 4.69. The first-order valence-corrected chi connectivity index (χ1v) is 7.01. The molecule has 1 aromatic carbocycles. The van der Waals surface area contributed by atoms with Gasteiger partial charge in [0.2, 0.25) is 0 Å². The third kappa shape index (κ3) is 3.86. The zero-order chi connectivity index (χ0) is 13.8. The van der Waals surface area contributed by atoms with Gasteiger partial charge in [-0.1, -0.05) is 29.3 Å². The van der Waals surface area contributed by atoms with Crippen molar-refractivity contribution in [3.05, 3.63) is 63.4 Å². The molecule has 0 spiro atoms. The number of hydrazine groups is 1. The molecule has 1 atom stereocenters. The Balaban J connectivity index is 2.23. The first-order valence-electron chi connectivity index (χ1n) is 6.22. The fourth-order valence-corrected chi connectivity index (χ4v) is 2.70. The van der Waals surface area contributed by atoms with Gasteiger partial charge in [0.05, 0.1) is 6.04 Å². The number of rotatable bonds is 4. The molecule has 0 amide bonds. The highest BCUT2D eigenvalue weighted by Gasteiger charge is 2.11. The lowest BCUT2D eigenvalue weighted by atomic mass is 9.98. The number of hydrogen-bond acceptors (Lipinski definition) is 3. The van der Waals surface area contributed by atoms with E-state index in [-0.39, 0.29) is 6.04 Å². The zero-order valence-electron chi connectivity index (χ0n) is 11.2. The Hall–Kier alpha value is -1.23. The standard InChI is InChI=1S/C15H18BrN3/c1-10-3-11(2)5-12(4-10)6-15(19-17)13-7-14(16)9-18-8-13/h3-5,7-9,15,19H,6,17H2,1-2H3. The molecule has 3 nitrogen and oxygen atoms in total. The van der Waals surface area contributed by atoms with E-state index in [1.807, 2.05) is 12.3 Å². The molecule has 0 bridgehead atoms. The minimum absolute atomic E-state index is 0.0613. The number of nitrogens with one attached hydrogen (secondary N) is 1. The second kappa shape index (κ2) is 6.28. The molecule has 2 rings (SSSR count). The normalized spacial score (nSPS) is 12.4. The summed E-state index contributed by atoms with van der Waals surface area (Å²) in [5.41, 5.74) is 7.78. The van der Waals surface area contributed by atoms with Gasteiger partial charge in [0.15, 0.2) is 0 Å². The zero-order valence-corrected chi connectivity index (χ0v) is 12.7. The average molecular weight is 320 g/mol. The van der Waals surface area contributed by atoms with Crippen molar-refractivity contribution < 1.29 is 0 Å². The van der Waals surface area contributed by atoms with Gasteiger partial charge in [-0.2, -0.15) is 0 Å². The van der Waals surface area contributed by atoms with Crippen molar-refractivity contribution in [1.82, 2.24) is 10.4 Å². The molecule has 19 heavy (non-hydrogen) atoms. The molecule has 2 aromatic rings. The van der Waals surface area contributed by atoms with Crippen LogP contribution in [0.1, 0.15) is 28.3 Å². The second-order valence-corrected chi connectivity index (χ2v) is 5.77. The summed E-state index contributed by atoms with van der Waals surface area (Å²) < 4.78 is 0.964. The molecule has 0 aliphatic rings. The molecule has 0 saturated heterocycles. The van der Waals surface area contributed by atoms with E-state index in [2.05, 4.69) is 58.4 Å². The quantitative estimate of drug-likeness (QED) is 0.672. The van der Waals surface area contributed by atoms with Gasteiger partial charge in [-0.25, -0.2) is 0 Å². The van der Waals surface area contributed by atoms with E-state index in [0.29, 0.717) is 0 Å². The van der Waals surface area contributed by atoms with Gasteiger partial charge in [-0.3, -0.25) is 16.3 Å². The molecule has 0 aliphatic carbocycles. The fourth-order valence-electron chi connectivity index (χ4n) is 2.31. The number of aromatic nitrogens is 1. The van der Waals surface area contributed by atoms with Crippen molar-refractivity contribution >= 4 is 15.9 Å². The Labute approximate surface area is 122 Å². The molecule has 1 aromatic heterocycles. The number of aryl methyl sites for hydroxylation is 2. The van der Waals surface area contributed by atoms with E-state index < -0.39 is 0 Å². The number of benzene rings is 1. The minimum Gasteiger partial charge on any atom is -0.271 e. The maximum absolute atomic E-state index is 5.69. The van der Waals surface area contributed by atoms with E-state index >= 15 is 0 Å². The van der Waals surface area contributed by atoms with Gasteiger partial charge >= 0.3 is 0 Å². The van der Waals surface area contributed by atoms with Crippen LogP contribution in [-0.2, 0) is 6.42 Å². The highest BCUT2D eigenvalue weighted by molar-refractivity contribution is 9.10. The van der Waals surface area contributed by atoms with Crippen molar-refractivity contribution in [1.29, 1.82) is 0 Å². The van der Waals surface area contributed by atoms with Crippen molar-refractivity contribution in [3.63, 3.8) is 0 Å². The molecule has 0 aliphatic heterocycles. The minimum atomic E-state index is 0.0613. The third-order valence-corrected chi connectivity index (χ3v) is 3.48. The van der Waals surface area contributed by atoms with Crippen molar-refractivity contribution in [2.45, 2.75) is 26.3 Å². The Morgan fingerprint density at radius 3 is 2.42 bits per heavy atom. The molecule has 4 heteroatoms. The number of hydrogen-bond donors (Lipinski definition) is 2. The van der Waals surface area contributed by atoms with Crippen LogP contribution in [0.5, 0.6) is 0 Å². The number of pyridine rings is 1. The molecule has 100 valence electrons. The maximum Gasteiger partial charge on any atom is 0.0515 e. The number of halogens is 1. The highest BCUT2D eigenvalue weighted by atomic mass is 79.9. The Morgan fingerprint density at radius 1 is 1.16 bits per heavy atom. The highest BCUT2D eigenvalue weighted by Crippen LogP contribution is 2.21. The lowest BCUT2D eigenvalue weighted by Gasteiger charge is -2.17. The molecule has 0 saturated carbocycles. The summed E-state index contributed by atoms with van der Waals surface area (Å²) in [5.74, 6) is 5.69. The Morgan fingerprint density at radius 2 is 1.84 bits per heavy atom. The van der Waals surface area contributed by atoms with Crippen LogP contribution in [0, 0.1) is 13.8 Å². The van der Waals surface area contributed by atoms with E-state index in [0.717, 1.165) is 16.5 Å². The van der Waals surface area contributed by atoms with Gasteiger partial charge < -0.3 is 0 Å². The van der Waals surface area contributed by atoms with Crippen LogP contribution in [-0.4, -0.2) is 4.98 Å². The SMILES string of the molecule is Cc1cc(C)cc(CC(NN)c2cncc(Br)c2)c1. The lowest BCUT2D eigenvalue weighted by molar-refractivity contribution is 0.550. The van der Waals surface area contributed by atoms with Gasteiger partial charge in [0, 0.05) is 16.9 Å². The average Bonchev–Trinajstić information content (AvgIpc) is 2.34. The number of nitrogens with two attached hydrogens (primary N) is 1. The second-order valence-electron chi connectivity index (χ2n) is 4.86. The summed E-state index contributed by atoms with van der Waals surface area (Å²) in [7, 11) is 0. The van der Waals surface area contributed by atoms with Crippen LogP contribution in [0.4, 0.5) is 0 Å². The predicted molar refractivity (Wildman–Crippen MR) is 81.6 cm³/mol. The monoisotopic (exact) mass is 319 g/mol. The topological polar surface area (TPSA) is 50.9 Å². The van der Waals surface area contributed by atoms with Crippen LogP contribution in [0.25, 0.3) is 0 Å². The molecule has 0 fully saturated rings. The summed E-state index contributed by atoms with van der Waals surface area (Å²) in [6.45, 7) is 4.23. The van der Waals surface area contributed by atoms with E-state index in [1.54, 1.807) is 6.20 Å². The van der Waals surface area contributed by atoms with Gasteiger partial charge in [0.1, 0.15) is 0 Å². The van der Waals surface area contributed by atoms with Crippen molar-refractivity contribution in [2.75, 3.05) is 0 Å². The molecular formula is C15H18BrN3. The third-order valence-electron chi connectivity index (χ3n) is 3.05. The van der Waals surface area contributed by atoms with Gasteiger partial charge in [-0.05, 0) is 53.4 Å². The maximum atomic E-state index is 5.69. The summed E-state index contributed by atoms with van der Waals surface area (Å²) >= 11 is 3.44. The van der Waals surface area contributed by atoms with Crippen molar-refractivity contribution in [2.24, 2.45) is 5.84 Å². The van der Waals surface area contributed by atoms with Crippen LogP contribution >= 0.6 is 15.9 Å². The van der Waals surface area contributed by atoms with Crippen molar-refractivity contribution in [3.8, 4) is 0 Å². The number of nitrogens with zero attached hydrogens (tertiary/aromatic N) is 1. The smallest absolute Gasteiger partial charge is 0.0515 e. The van der Waals surface area contributed by atoms with Crippen LogP contribution in [0.2, 0.25) is 0 Å². The van der Waals surface area contributed by atoms with Gasteiger partial charge in [0.25, 0.3) is 0 Å². The summed E-state index contributed by atoms with van der Waals surface area (Å²) in [6.07, 6.45) is 4.46. The van der Waals surface area contributed by atoms with Crippen LogP contribution < -0.4 is 11.3 Å². The molecule has 1 unspecified atom stereocenters. The van der Waals surface area contributed by atoms with E-state index in [4.69, 9.17) is 5.84 Å². The fraction of sp³-hybridized carbons (Fsp3) is 0.267. The summed E-state index contributed by atoms with van der Waals surface area (Å²) in [5, 5.41) is 0. The molecule has 3 N–H and O–H groups in total. The Bertz CT molecular complexity index is 549. The summed E-state index contributed by atoms with van der Waals surface area (Å²) in [6, 6.07) is 8.67.